The van der Waals surface area contributed by atoms with Crippen LogP contribution < -0.4 is 10.0 Å². The number of fused-ring (bicyclic) bond motifs is 1. The first-order valence-electron chi connectivity index (χ1n) is 13.6. The van der Waals surface area contributed by atoms with Gasteiger partial charge in [0.15, 0.2) is 0 Å². The Morgan fingerprint density at radius 2 is 1.93 bits per heavy atom. The zero-order valence-electron chi connectivity index (χ0n) is 23.4. The number of piperidine rings is 1. The molecular formula is C27H36ClF3N4O6S. The van der Waals surface area contributed by atoms with E-state index in [4.69, 9.17) is 4.74 Å². The number of likely N-dealkylation sites (tertiary alicyclic amines) is 1. The van der Waals surface area contributed by atoms with Gasteiger partial charge in [-0.3, -0.25) is 9.59 Å². The highest BCUT2D eigenvalue weighted by Gasteiger charge is 2.43. The Kier molecular flexibility index (Phi) is 11.1. The maximum Gasteiger partial charge on any atom is 0.471 e. The molecule has 3 aliphatic heterocycles. The van der Waals surface area contributed by atoms with Crippen molar-refractivity contribution in [3.63, 3.8) is 0 Å². The van der Waals surface area contributed by atoms with Gasteiger partial charge in [0.05, 0.1) is 12.0 Å². The summed E-state index contributed by atoms with van der Waals surface area (Å²) in [6.07, 6.45) is -1.12. The van der Waals surface area contributed by atoms with E-state index in [1.165, 1.54) is 30.2 Å². The number of hydrogen-bond donors (Lipinski definition) is 2. The summed E-state index contributed by atoms with van der Waals surface area (Å²) in [6.45, 7) is 2.94. The van der Waals surface area contributed by atoms with E-state index in [2.05, 4.69) is 10.0 Å². The van der Waals surface area contributed by atoms with Crippen LogP contribution in [0.4, 0.5) is 13.2 Å². The van der Waals surface area contributed by atoms with Crippen molar-refractivity contribution in [1.29, 1.82) is 0 Å². The molecule has 0 aromatic heterocycles. The number of esters is 1. The number of ether oxygens (including phenoxy) is 1. The van der Waals surface area contributed by atoms with Crippen molar-refractivity contribution in [3.05, 3.63) is 41.0 Å². The monoisotopic (exact) mass is 636 g/mol. The van der Waals surface area contributed by atoms with Gasteiger partial charge in [-0.25, -0.2) is 13.2 Å². The fraction of sp³-hybridized carbons (Fsp3) is 0.593. The third-order valence-corrected chi connectivity index (χ3v) is 9.29. The molecule has 0 radical (unpaired) electrons. The molecule has 3 heterocycles. The molecule has 0 bridgehead atoms. The number of carbonyl (C=O) groups is 3. The smallest absolute Gasteiger partial charge is 0.467 e. The number of alkyl halides is 3. The van der Waals surface area contributed by atoms with Crippen LogP contribution in [0.15, 0.2) is 34.7 Å². The highest BCUT2D eigenvalue weighted by Crippen LogP contribution is 2.28. The minimum absolute atomic E-state index is 0. The van der Waals surface area contributed by atoms with Crippen LogP contribution in [-0.2, 0) is 42.1 Å². The maximum atomic E-state index is 13.9. The van der Waals surface area contributed by atoms with Gasteiger partial charge in [-0.2, -0.15) is 17.9 Å². The van der Waals surface area contributed by atoms with Gasteiger partial charge in [0, 0.05) is 26.2 Å². The van der Waals surface area contributed by atoms with Crippen LogP contribution >= 0.6 is 12.4 Å². The first-order chi connectivity index (χ1) is 19.3. The predicted octanol–water partition coefficient (Wildman–Crippen LogP) is 2.31. The van der Waals surface area contributed by atoms with Crippen molar-refractivity contribution < 1.29 is 40.7 Å². The molecule has 1 saturated heterocycles. The van der Waals surface area contributed by atoms with Crippen LogP contribution in [0.1, 0.15) is 43.7 Å². The van der Waals surface area contributed by atoms with Crippen molar-refractivity contribution in [2.45, 2.75) is 68.7 Å². The lowest BCUT2D eigenvalue weighted by Gasteiger charge is -2.38. The fourth-order valence-corrected chi connectivity index (χ4v) is 6.81. The molecule has 0 unspecified atom stereocenters. The van der Waals surface area contributed by atoms with Crippen LogP contribution in [-0.4, -0.2) is 87.6 Å². The van der Waals surface area contributed by atoms with E-state index in [0.29, 0.717) is 36.3 Å². The first kappa shape index (κ1) is 33.8. The number of nitrogens with one attached hydrogen (secondary N) is 2. The molecule has 1 fully saturated rings. The van der Waals surface area contributed by atoms with Crippen molar-refractivity contribution in [2.24, 2.45) is 5.92 Å². The number of nitrogens with zero attached hydrogens (tertiary/aromatic N) is 2. The van der Waals surface area contributed by atoms with E-state index >= 15 is 0 Å². The van der Waals surface area contributed by atoms with Gasteiger partial charge >= 0.3 is 18.1 Å². The third kappa shape index (κ3) is 7.82. The molecule has 15 heteroatoms. The maximum absolute atomic E-state index is 13.9. The largest absolute Gasteiger partial charge is 0.471 e. The number of benzene rings is 1. The number of hydrogen-bond acceptors (Lipinski definition) is 7. The standard InChI is InChI=1S/C27H35F3N4O6S.ClH/c1-17-7-11-34(23(12-17)25(36)40-2)24(35)22(13-18-4-3-9-31-15-18)32-41(38,39)21-6-5-19-8-10-33(16-20(19)14-21)26(37)27(28,29)30;/h4-6,14,17,22-23,31-32H,3,7-13,15-16H2,1-2H3;1H/t17-,22-,23+;/m0./s1. The lowest BCUT2D eigenvalue weighted by atomic mass is 9.91. The molecule has 2 N–H and O–H groups in total. The summed E-state index contributed by atoms with van der Waals surface area (Å²) in [4.78, 5) is 40.0. The molecule has 1 aromatic carbocycles. The van der Waals surface area contributed by atoms with Gasteiger partial charge in [0.2, 0.25) is 15.9 Å². The number of sulfonamides is 1. The van der Waals surface area contributed by atoms with Crippen molar-refractivity contribution in [2.75, 3.05) is 33.3 Å². The summed E-state index contributed by atoms with van der Waals surface area (Å²) < 4.78 is 73.6. The van der Waals surface area contributed by atoms with Crippen LogP contribution in [0.2, 0.25) is 0 Å². The molecule has 3 atom stereocenters. The Morgan fingerprint density at radius 3 is 2.57 bits per heavy atom. The van der Waals surface area contributed by atoms with E-state index in [1.807, 2.05) is 13.0 Å². The Bertz CT molecular complexity index is 1320. The summed E-state index contributed by atoms with van der Waals surface area (Å²) in [7, 11) is -3.10. The lowest BCUT2D eigenvalue weighted by molar-refractivity contribution is -0.186. The molecule has 10 nitrogen and oxygen atoms in total. The topological polar surface area (TPSA) is 125 Å². The van der Waals surface area contributed by atoms with Crippen molar-refractivity contribution in [3.8, 4) is 0 Å². The molecular weight excluding hydrogens is 601 g/mol. The summed E-state index contributed by atoms with van der Waals surface area (Å²) >= 11 is 0. The average Bonchev–Trinajstić information content (AvgIpc) is 2.95. The zero-order valence-corrected chi connectivity index (χ0v) is 25.0. The molecule has 1 aromatic rings. The van der Waals surface area contributed by atoms with E-state index < -0.39 is 46.1 Å². The summed E-state index contributed by atoms with van der Waals surface area (Å²) in [5.74, 6) is -2.94. The summed E-state index contributed by atoms with van der Waals surface area (Å²) in [5, 5.41) is 3.20. The highest BCUT2D eigenvalue weighted by molar-refractivity contribution is 7.89. The average molecular weight is 637 g/mol. The summed E-state index contributed by atoms with van der Waals surface area (Å²) in [5.41, 5.74) is 1.77. The van der Waals surface area contributed by atoms with Gasteiger partial charge in [0.1, 0.15) is 12.1 Å². The Morgan fingerprint density at radius 1 is 1.19 bits per heavy atom. The number of amides is 2. The number of rotatable bonds is 7. The van der Waals surface area contributed by atoms with Crippen molar-refractivity contribution >= 4 is 40.2 Å². The molecule has 234 valence electrons. The summed E-state index contributed by atoms with van der Waals surface area (Å²) in [6, 6.07) is 2.03. The predicted molar refractivity (Wildman–Crippen MR) is 149 cm³/mol. The van der Waals surface area contributed by atoms with Crippen molar-refractivity contribution in [1.82, 2.24) is 19.8 Å². The van der Waals surface area contributed by atoms with E-state index in [-0.39, 0.29) is 61.3 Å². The molecule has 3 aliphatic rings. The van der Waals surface area contributed by atoms with Crippen LogP contribution in [0.5, 0.6) is 0 Å². The van der Waals surface area contributed by atoms with Gasteiger partial charge < -0.3 is 19.9 Å². The molecule has 42 heavy (non-hydrogen) atoms. The van der Waals surface area contributed by atoms with E-state index in [0.717, 1.165) is 12.1 Å². The van der Waals surface area contributed by atoms with E-state index in [9.17, 15) is 36.0 Å². The van der Waals surface area contributed by atoms with Crippen LogP contribution in [0, 0.1) is 5.92 Å². The quantitative estimate of drug-likeness (QED) is 0.348. The molecule has 0 spiro atoms. The second-order valence-corrected chi connectivity index (χ2v) is 12.5. The molecule has 2 amide bonds. The minimum atomic E-state index is -5.03. The lowest BCUT2D eigenvalue weighted by Crippen LogP contribution is -2.56. The first-order valence-corrected chi connectivity index (χ1v) is 15.1. The van der Waals surface area contributed by atoms with Crippen LogP contribution in [0.3, 0.4) is 0 Å². The number of halogens is 4. The molecule has 0 aliphatic carbocycles. The van der Waals surface area contributed by atoms with Gasteiger partial charge in [0.25, 0.3) is 0 Å². The third-order valence-electron chi connectivity index (χ3n) is 7.82. The number of methoxy groups -OCH3 is 1. The number of carbonyl (C=O) groups excluding carboxylic acids is 3. The second-order valence-electron chi connectivity index (χ2n) is 10.8. The normalized spacial score (nSPS) is 21.9. The Hall–Kier alpha value is -2.68. The molecule has 4 rings (SSSR count). The Balaban J connectivity index is 0.00000484. The SMILES string of the molecule is COC(=O)[C@H]1C[C@@H](C)CCN1C(=O)[C@H](CC1=CCCNC1)NS(=O)(=O)c1ccc2c(c1)CN(C(=O)C(F)(F)F)CC2.Cl. The van der Waals surface area contributed by atoms with Gasteiger partial charge in [-0.1, -0.05) is 24.6 Å². The Labute approximate surface area is 249 Å². The minimum Gasteiger partial charge on any atom is -0.467 e. The van der Waals surface area contributed by atoms with Crippen LogP contribution in [0.25, 0.3) is 0 Å². The zero-order chi connectivity index (χ0) is 29.9. The van der Waals surface area contributed by atoms with E-state index in [1.54, 1.807) is 0 Å². The highest BCUT2D eigenvalue weighted by atomic mass is 35.5. The fourth-order valence-electron chi connectivity index (χ4n) is 5.57. The van der Waals surface area contributed by atoms with Gasteiger partial charge in [-0.05, 0) is 67.8 Å². The molecule has 0 saturated carbocycles. The second kappa shape index (κ2) is 13.7. The van der Waals surface area contributed by atoms with Gasteiger partial charge in [-0.15, -0.1) is 12.4 Å².